The van der Waals surface area contributed by atoms with Crippen molar-refractivity contribution in [3.05, 3.63) is 53.7 Å². The molecule has 1 heterocycles. The number of hydrogen-bond acceptors (Lipinski definition) is 3. The van der Waals surface area contributed by atoms with E-state index >= 15 is 0 Å². The summed E-state index contributed by atoms with van der Waals surface area (Å²) in [5, 5.41) is 0.994. The first-order valence-electron chi connectivity index (χ1n) is 6.43. The van der Waals surface area contributed by atoms with Crippen LogP contribution in [-0.2, 0) is 12.0 Å². The normalized spacial score (nSPS) is 11.6. The summed E-state index contributed by atoms with van der Waals surface area (Å²) in [6.45, 7) is 7.19. The van der Waals surface area contributed by atoms with Crippen molar-refractivity contribution in [2.45, 2.75) is 42.7 Å². The summed E-state index contributed by atoms with van der Waals surface area (Å²) >= 11 is 1.67. The molecule has 100 valence electrons. The van der Waals surface area contributed by atoms with E-state index in [9.17, 15) is 0 Å². The van der Waals surface area contributed by atoms with Crippen molar-refractivity contribution < 1.29 is 0 Å². The van der Waals surface area contributed by atoms with Gasteiger partial charge in [0.05, 0.1) is 0 Å². The summed E-state index contributed by atoms with van der Waals surface area (Å²) in [6, 6.07) is 12.6. The molecule has 2 nitrogen and oxygen atoms in total. The van der Waals surface area contributed by atoms with Crippen molar-refractivity contribution in [3.63, 3.8) is 0 Å². The number of hydrogen-bond donors (Lipinski definition) is 1. The summed E-state index contributed by atoms with van der Waals surface area (Å²) in [5.41, 5.74) is 8.36. The average Bonchev–Trinajstić information content (AvgIpc) is 2.39. The van der Waals surface area contributed by atoms with Gasteiger partial charge in [-0.15, -0.1) is 0 Å². The lowest BCUT2D eigenvalue weighted by atomic mass is 9.87. The molecule has 19 heavy (non-hydrogen) atoms. The minimum atomic E-state index is 0.191. The second-order valence-corrected chi connectivity index (χ2v) is 6.61. The van der Waals surface area contributed by atoms with E-state index in [2.05, 4.69) is 50.0 Å². The van der Waals surface area contributed by atoms with Crippen LogP contribution in [0.5, 0.6) is 0 Å². The fraction of sp³-hybridized carbons (Fsp3) is 0.312. The van der Waals surface area contributed by atoms with Crippen LogP contribution in [-0.4, -0.2) is 4.98 Å². The predicted molar refractivity (Wildman–Crippen MR) is 81.4 cm³/mol. The van der Waals surface area contributed by atoms with Gasteiger partial charge in [0.2, 0.25) is 0 Å². The van der Waals surface area contributed by atoms with E-state index < -0.39 is 0 Å². The highest BCUT2D eigenvalue weighted by molar-refractivity contribution is 7.99. The molecule has 0 aliphatic heterocycles. The second-order valence-electron chi connectivity index (χ2n) is 5.55. The highest BCUT2D eigenvalue weighted by Gasteiger charge is 2.13. The first-order chi connectivity index (χ1) is 9.00. The minimum absolute atomic E-state index is 0.191. The maximum absolute atomic E-state index is 5.73. The number of nitrogens with zero attached hydrogens (tertiary/aromatic N) is 1. The van der Waals surface area contributed by atoms with Gasteiger partial charge in [0.1, 0.15) is 5.03 Å². The second kappa shape index (κ2) is 5.76. The predicted octanol–water partition coefficient (Wildman–Crippen LogP) is 3.99. The van der Waals surface area contributed by atoms with Crippen LogP contribution < -0.4 is 5.73 Å². The first-order valence-corrected chi connectivity index (χ1v) is 7.25. The molecule has 2 rings (SSSR count). The molecule has 1 aromatic carbocycles. The van der Waals surface area contributed by atoms with Gasteiger partial charge in [-0.25, -0.2) is 4.98 Å². The monoisotopic (exact) mass is 272 g/mol. The lowest BCUT2D eigenvalue weighted by Gasteiger charge is -2.19. The fourth-order valence-electron chi connectivity index (χ4n) is 1.81. The summed E-state index contributed by atoms with van der Waals surface area (Å²) in [5.74, 6) is 0. The van der Waals surface area contributed by atoms with E-state index in [1.54, 1.807) is 11.8 Å². The molecule has 0 spiro atoms. The molecule has 0 saturated carbocycles. The zero-order chi connectivity index (χ0) is 13.9. The molecule has 2 N–H and O–H groups in total. The summed E-state index contributed by atoms with van der Waals surface area (Å²) in [6.07, 6.45) is 1.81. The first kappa shape index (κ1) is 14.1. The molecule has 0 aliphatic carbocycles. The van der Waals surface area contributed by atoms with Gasteiger partial charge in [0.25, 0.3) is 0 Å². The van der Waals surface area contributed by atoms with Gasteiger partial charge in [-0.3, -0.25) is 0 Å². The Kier molecular flexibility index (Phi) is 4.27. The van der Waals surface area contributed by atoms with Crippen molar-refractivity contribution in [1.82, 2.24) is 4.98 Å². The Morgan fingerprint density at radius 1 is 1.11 bits per heavy atom. The Balaban J connectivity index is 2.20. The van der Waals surface area contributed by atoms with Gasteiger partial charge < -0.3 is 5.73 Å². The molecule has 0 unspecified atom stereocenters. The van der Waals surface area contributed by atoms with Crippen LogP contribution in [0, 0.1) is 0 Å². The molecule has 0 amide bonds. The smallest absolute Gasteiger partial charge is 0.105 e. The largest absolute Gasteiger partial charge is 0.326 e. The Morgan fingerprint density at radius 3 is 2.37 bits per heavy atom. The van der Waals surface area contributed by atoms with E-state index in [0.717, 1.165) is 10.6 Å². The van der Waals surface area contributed by atoms with Crippen LogP contribution in [0.2, 0.25) is 0 Å². The van der Waals surface area contributed by atoms with Crippen LogP contribution >= 0.6 is 11.8 Å². The maximum Gasteiger partial charge on any atom is 0.105 e. The molecular formula is C16H20N2S. The third-order valence-electron chi connectivity index (χ3n) is 3.00. The highest BCUT2D eigenvalue weighted by atomic mass is 32.2. The SMILES string of the molecule is CC(C)(C)c1ccc(Sc2ncccc2CN)cc1. The molecule has 0 atom stereocenters. The van der Waals surface area contributed by atoms with Gasteiger partial charge in [0, 0.05) is 17.6 Å². The summed E-state index contributed by atoms with van der Waals surface area (Å²) < 4.78 is 0. The number of aromatic nitrogens is 1. The standard InChI is InChI=1S/C16H20N2S/c1-16(2,3)13-6-8-14(9-7-13)19-15-12(11-17)5-4-10-18-15/h4-10H,11,17H2,1-3H3. The Labute approximate surface area is 119 Å². The molecule has 0 saturated heterocycles. The molecule has 1 aromatic heterocycles. The highest BCUT2D eigenvalue weighted by Crippen LogP contribution is 2.30. The number of rotatable bonds is 3. The lowest BCUT2D eigenvalue weighted by molar-refractivity contribution is 0.590. The molecule has 0 aliphatic rings. The van der Waals surface area contributed by atoms with Crippen molar-refractivity contribution >= 4 is 11.8 Å². The Morgan fingerprint density at radius 2 is 1.79 bits per heavy atom. The van der Waals surface area contributed by atoms with E-state index in [4.69, 9.17) is 5.73 Å². The number of nitrogens with two attached hydrogens (primary N) is 1. The molecule has 0 bridgehead atoms. The van der Waals surface area contributed by atoms with Gasteiger partial charge >= 0.3 is 0 Å². The third-order valence-corrected chi connectivity index (χ3v) is 4.07. The zero-order valence-electron chi connectivity index (χ0n) is 11.7. The molecule has 0 radical (unpaired) electrons. The van der Waals surface area contributed by atoms with Gasteiger partial charge in [0.15, 0.2) is 0 Å². The van der Waals surface area contributed by atoms with Crippen LogP contribution in [0.4, 0.5) is 0 Å². The van der Waals surface area contributed by atoms with Gasteiger partial charge in [-0.2, -0.15) is 0 Å². The molecule has 2 aromatic rings. The summed E-state index contributed by atoms with van der Waals surface area (Å²) in [4.78, 5) is 5.59. The molecular weight excluding hydrogens is 252 g/mol. The lowest BCUT2D eigenvalue weighted by Crippen LogP contribution is -2.10. The summed E-state index contributed by atoms with van der Waals surface area (Å²) in [7, 11) is 0. The van der Waals surface area contributed by atoms with Gasteiger partial charge in [-0.05, 0) is 34.7 Å². The van der Waals surface area contributed by atoms with Crippen molar-refractivity contribution in [1.29, 1.82) is 0 Å². The molecule has 3 heteroatoms. The Hall–Kier alpha value is -1.32. The van der Waals surface area contributed by atoms with Gasteiger partial charge in [-0.1, -0.05) is 50.7 Å². The number of pyridine rings is 1. The van der Waals surface area contributed by atoms with E-state index in [1.807, 2.05) is 18.3 Å². The minimum Gasteiger partial charge on any atom is -0.326 e. The van der Waals surface area contributed by atoms with Crippen LogP contribution in [0.25, 0.3) is 0 Å². The van der Waals surface area contributed by atoms with E-state index in [0.29, 0.717) is 6.54 Å². The van der Waals surface area contributed by atoms with Crippen molar-refractivity contribution in [2.24, 2.45) is 5.73 Å². The average molecular weight is 272 g/mol. The maximum atomic E-state index is 5.73. The quantitative estimate of drug-likeness (QED) is 0.918. The van der Waals surface area contributed by atoms with E-state index in [1.165, 1.54) is 10.5 Å². The van der Waals surface area contributed by atoms with Crippen molar-refractivity contribution in [2.75, 3.05) is 0 Å². The topological polar surface area (TPSA) is 38.9 Å². The number of benzene rings is 1. The Bertz CT molecular complexity index is 541. The van der Waals surface area contributed by atoms with Crippen LogP contribution in [0.1, 0.15) is 31.9 Å². The fourth-order valence-corrected chi connectivity index (χ4v) is 2.70. The third kappa shape index (κ3) is 3.58. The van der Waals surface area contributed by atoms with Crippen LogP contribution in [0.15, 0.2) is 52.5 Å². The molecule has 0 fully saturated rings. The van der Waals surface area contributed by atoms with Crippen LogP contribution in [0.3, 0.4) is 0 Å². The van der Waals surface area contributed by atoms with E-state index in [-0.39, 0.29) is 5.41 Å². The van der Waals surface area contributed by atoms with Crippen molar-refractivity contribution in [3.8, 4) is 0 Å². The zero-order valence-corrected chi connectivity index (χ0v) is 12.5.